The number of carbonyl (C=O) groups is 2. The molecule has 2 aromatic rings. The van der Waals surface area contributed by atoms with E-state index in [0.717, 1.165) is 19.4 Å². The minimum atomic E-state index is -0.287. The molecule has 0 bridgehead atoms. The van der Waals surface area contributed by atoms with Crippen molar-refractivity contribution in [3.63, 3.8) is 0 Å². The fourth-order valence-electron chi connectivity index (χ4n) is 3.36. The molecule has 0 saturated carbocycles. The van der Waals surface area contributed by atoms with Gasteiger partial charge in [-0.1, -0.05) is 6.07 Å². The van der Waals surface area contributed by atoms with Crippen LogP contribution in [-0.2, 0) is 9.47 Å². The first-order valence-electron chi connectivity index (χ1n) is 8.98. The summed E-state index contributed by atoms with van der Waals surface area (Å²) in [6.07, 6.45) is 3.78. The standard InChI is InChI=1S/C18H22N4O4/c23-17(19-12-13-4-3-9-26-13)15-14-5-1-2-6-22(14)16(20-15)18(24)21-7-10-25-11-8-21/h1-2,5-6,13H,3-4,7-12H2,(H,19,23). The minimum Gasteiger partial charge on any atom is -0.378 e. The van der Waals surface area contributed by atoms with Crippen LogP contribution in [0.2, 0.25) is 0 Å². The summed E-state index contributed by atoms with van der Waals surface area (Å²) < 4.78 is 12.5. The highest BCUT2D eigenvalue weighted by molar-refractivity contribution is 6.02. The van der Waals surface area contributed by atoms with Gasteiger partial charge in [0.1, 0.15) is 0 Å². The molecule has 2 aliphatic rings. The van der Waals surface area contributed by atoms with Crippen molar-refractivity contribution in [2.45, 2.75) is 18.9 Å². The van der Waals surface area contributed by atoms with Gasteiger partial charge in [-0.05, 0) is 25.0 Å². The monoisotopic (exact) mass is 358 g/mol. The lowest BCUT2D eigenvalue weighted by Crippen LogP contribution is -2.41. The van der Waals surface area contributed by atoms with Gasteiger partial charge in [0.05, 0.1) is 24.8 Å². The minimum absolute atomic E-state index is 0.0577. The highest BCUT2D eigenvalue weighted by Crippen LogP contribution is 2.16. The number of pyridine rings is 1. The summed E-state index contributed by atoms with van der Waals surface area (Å²) in [6.45, 7) is 3.29. The number of nitrogens with zero attached hydrogens (tertiary/aromatic N) is 3. The van der Waals surface area contributed by atoms with Crippen molar-refractivity contribution in [1.29, 1.82) is 0 Å². The van der Waals surface area contributed by atoms with E-state index in [4.69, 9.17) is 9.47 Å². The van der Waals surface area contributed by atoms with Gasteiger partial charge in [-0.15, -0.1) is 0 Å². The Kier molecular flexibility index (Phi) is 4.85. The Bertz CT molecular complexity index is 807. The average Bonchev–Trinajstić information content (AvgIpc) is 3.34. The molecule has 2 aliphatic heterocycles. The summed E-state index contributed by atoms with van der Waals surface area (Å²) >= 11 is 0. The predicted octanol–water partition coefficient (Wildman–Crippen LogP) is 0.716. The lowest BCUT2D eigenvalue weighted by molar-refractivity contribution is 0.0294. The lowest BCUT2D eigenvalue weighted by atomic mass is 10.2. The van der Waals surface area contributed by atoms with Gasteiger partial charge in [-0.25, -0.2) is 4.98 Å². The summed E-state index contributed by atoms with van der Waals surface area (Å²) in [4.78, 5) is 31.6. The van der Waals surface area contributed by atoms with E-state index in [1.54, 1.807) is 21.6 Å². The van der Waals surface area contributed by atoms with Crippen LogP contribution in [0.3, 0.4) is 0 Å². The summed E-state index contributed by atoms with van der Waals surface area (Å²) in [7, 11) is 0. The van der Waals surface area contributed by atoms with Gasteiger partial charge < -0.3 is 19.7 Å². The third-order valence-electron chi connectivity index (χ3n) is 4.77. The van der Waals surface area contributed by atoms with Crippen molar-refractivity contribution in [3.05, 3.63) is 35.9 Å². The number of rotatable bonds is 4. The number of imidazole rings is 1. The van der Waals surface area contributed by atoms with Crippen LogP contribution in [-0.4, -0.2) is 71.7 Å². The SMILES string of the molecule is O=C(NCC1CCCO1)c1nc(C(=O)N2CCOCC2)n2ccccc12. The Balaban J connectivity index is 1.58. The molecule has 8 nitrogen and oxygen atoms in total. The van der Waals surface area contributed by atoms with E-state index in [9.17, 15) is 9.59 Å². The van der Waals surface area contributed by atoms with Crippen molar-refractivity contribution in [2.24, 2.45) is 0 Å². The molecule has 0 aromatic carbocycles. The van der Waals surface area contributed by atoms with Gasteiger partial charge in [-0.3, -0.25) is 14.0 Å². The number of morpholine rings is 1. The molecule has 0 spiro atoms. The topological polar surface area (TPSA) is 85.2 Å². The van der Waals surface area contributed by atoms with Crippen molar-refractivity contribution in [2.75, 3.05) is 39.5 Å². The zero-order valence-corrected chi connectivity index (χ0v) is 14.5. The molecule has 1 unspecified atom stereocenters. The highest BCUT2D eigenvalue weighted by Gasteiger charge is 2.26. The maximum absolute atomic E-state index is 12.9. The Morgan fingerprint density at radius 1 is 1.23 bits per heavy atom. The number of hydrogen-bond acceptors (Lipinski definition) is 5. The number of hydrogen-bond donors (Lipinski definition) is 1. The zero-order valence-electron chi connectivity index (χ0n) is 14.5. The van der Waals surface area contributed by atoms with Crippen LogP contribution >= 0.6 is 0 Å². The van der Waals surface area contributed by atoms with Crippen LogP contribution in [0, 0.1) is 0 Å². The first-order valence-corrected chi connectivity index (χ1v) is 8.98. The first kappa shape index (κ1) is 17.0. The van der Waals surface area contributed by atoms with E-state index in [1.807, 2.05) is 12.1 Å². The van der Waals surface area contributed by atoms with Gasteiger partial charge in [0.25, 0.3) is 11.8 Å². The van der Waals surface area contributed by atoms with Crippen molar-refractivity contribution in [1.82, 2.24) is 19.6 Å². The highest BCUT2D eigenvalue weighted by atomic mass is 16.5. The quantitative estimate of drug-likeness (QED) is 0.870. The molecule has 0 radical (unpaired) electrons. The molecule has 26 heavy (non-hydrogen) atoms. The second kappa shape index (κ2) is 7.43. The summed E-state index contributed by atoms with van der Waals surface area (Å²) in [6, 6.07) is 5.44. The normalized spacial score (nSPS) is 20.5. The third kappa shape index (κ3) is 3.30. The fraction of sp³-hybridized carbons (Fsp3) is 0.500. The molecule has 8 heteroatoms. The van der Waals surface area contributed by atoms with Gasteiger partial charge in [0.2, 0.25) is 5.82 Å². The molecule has 1 N–H and O–H groups in total. The van der Waals surface area contributed by atoms with Gasteiger partial charge >= 0.3 is 0 Å². The Morgan fingerprint density at radius 3 is 2.85 bits per heavy atom. The molecular formula is C18H22N4O4. The summed E-state index contributed by atoms with van der Waals surface area (Å²) in [5, 5.41) is 2.88. The molecule has 1 atom stereocenters. The Hall–Kier alpha value is -2.45. The van der Waals surface area contributed by atoms with E-state index in [2.05, 4.69) is 10.3 Å². The second-order valence-corrected chi connectivity index (χ2v) is 6.49. The molecule has 2 aromatic heterocycles. The number of aromatic nitrogens is 2. The molecule has 4 heterocycles. The fourth-order valence-corrected chi connectivity index (χ4v) is 3.36. The van der Waals surface area contributed by atoms with Crippen LogP contribution in [0.5, 0.6) is 0 Å². The number of amides is 2. The smallest absolute Gasteiger partial charge is 0.290 e. The second-order valence-electron chi connectivity index (χ2n) is 6.49. The first-order chi connectivity index (χ1) is 12.7. The molecule has 2 fully saturated rings. The van der Waals surface area contributed by atoms with Gasteiger partial charge in [-0.2, -0.15) is 0 Å². The molecule has 4 rings (SSSR count). The molecular weight excluding hydrogens is 336 g/mol. The van der Waals surface area contributed by atoms with E-state index in [1.165, 1.54) is 0 Å². The van der Waals surface area contributed by atoms with E-state index >= 15 is 0 Å². The van der Waals surface area contributed by atoms with Crippen LogP contribution < -0.4 is 5.32 Å². The number of carbonyl (C=O) groups excluding carboxylic acids is 2. The average molecular weight is 358 g/mol. The lowest BCUT2D eigenvalue weighted by Gasteiger charge is -2.26. The van der Waals surface area contributed by atoms with Gasteiger partial charge in [0.15, 0.2) is 5.69 Å². The van der Waals surface area contributed by atoms with Gasteiger partial charge in [0, 0.05) is 32.4 Å². The molecule has 138 valence electrons. The molecule has 2 saturated heterocycles. The molecule has 2 amide bonds. The van der Waals surface area contributed by atoms with Crippen molar-refractivity contribution < 1.29 is 19.1 Å². The number of ether oxygens (including phenoxy) is 2. The third-order valence-corrected chi connectivity index (χ3v) is 4.77. The van der Waals surface area contributed by atoms with Crippen molar-refractivity contribution >= 4 is 17.3 Å². The number of fused-ring (bicyclic) bond motifs is 1. The molecule has 0 aliphatic carbocycles. The van der Waals surface area contributed by atoms with Crippen LogP contribution in [0.15, 0.2) is 24.4 Å². The van der Waals surface area contributed by atoms with E-state index in [-0.39, 0.29) is 29.4 Å². The Morgan fingerprint density at radius 2 is 2.08 bits per heavy atom. The summed E-state index contributed by atoms with van der Waals surface area (Å²) in [5.41, 5.74) is 0.883. The Labute approximate surface area is 151 Å². The summed E-state index contributed by atoms with van der Waals surface area (Å²) in [5.74, 6) is -0.220. The maximum Gasteiger partial charge on any atom is 0.290 e. The predicted molar refractivity (Wildman–Crippen MR) is 93.2 cm³/mol. The largest absolute Gasteiger partial charge is 0.378 e. The van der Waals surface area contributed by atoms with E-state index < -0.39 is 0 Å². The van der Waals surface area contributed by atoms with Crippen LogP contribution in [0.4, 0.5) is 0 Å². The zero-order chi connectivity index (χ0) is 17.9. The van der Waals surface area contributed by atoms with Crippen molar-refractivity contribution in [3.8, 4) is 0 Å². The number of nitrogens with one attached hydrogen (secondary N) is 1. The van der Waals surface area contributed by atoms with Crippen LogP contribution in [0.1, 0.15) is 33.9 Å². The van der Waals surface area contributed by atoms with Crippen LogP contribution in [0.25, 0.3) is 5.52 Å². The maximum atomic E-state index is 12.9. The van der Waals surface area contributed by atoms with E-state index in [0.29, 0.717) is 38.4 Å².